The van der Waals surface area contributed by atoms with E-state index in [1.165, 1.54) is 0 Å². The van der Waals surface area contributed by atoms with Gasteiger partial charge in [-0.05, 0) is 59.8 Å². The molecule has 202 valence electrons. The summed E-state index contributed by atoms with van der Waals surface area (Å²) >= 11 is 0. The van der Waals surface area contributed by atoms with E-state index in [1.54, 1.807) is 72.8 Å². The molecule has 0 atom stereocenters. The van der Waals surface area contributed by atoms with Crippen molar-refractivity contribution in [3.05, 3.63) is 138 Å². The monoisotopic (exact) mass is 540 g/mol. The number of phenols is 5. The van der Waals surface area contributed by atoms with E-state index in [2.05, 4.69) is 0 Å². The third-order valence-corrected chi connectivity index (χ3v) is 7.98. The number of rotatable bonds is 5. The predicted octanol–water partition coefficient (Wildman–Crippen LogP) is 8.06. The quantitative estimate of drug-likeness (QED) is 0.142. The van der Waals surface area contributed by atoms with Gasteiger partial charge in [0.2, 0.25) is 0 Å². The van der Waals surface area contributed by atoms with Crippen LogP contribution in [0.5, 0.6) is 28.7 Å². The molecule has 41 heavy (non-hydrogen) atoms. The second kappa shape index (κ2) is 9.96. The minimum atomic E-state index is -1.01. The molecule has 0 saturated heterocycles. The third kappa shape index (κ3) is 4.28. The molecule has 0 unspecified atom stereocenters. The number of phenolic OH excluding ortho intramolecular Hbond substituents is 5. The molecule has 0 aliphatic carbocycles. The van der Waals surface area contributed by atoms with E-state index in [9.17, 15) is 25.5 Å². The topological polar surface area (TPSA) is 101 Å². The summed E-state index contributed by atoms with van der Waals surface area (Å²) in [5, 5.41) is 56.2. The summed E-state index contributed by atoms with van der Waals surface area (Å²) in [7, 11) is 0. The van der Waals surface area contributed by atoms with Gasteiger partial charge in [0.25, 0.3) is 0 Å². The Labute approximate surface area is 237 Å². The van der Waals surface area contributed by atoms with E-state index in [4.69, 9.17) is 0 Å². The van der Waals surface area contributed by atoms with Crippen molar-refractivity contribution in [1.29, 1.82) is 0 Å². The summed E-state index contributed by atoms with van der Waals surface area (Å²) in [6.07, 6.45) is 0. The van der Waals surface area contributed by atoms with Gasteiger partial charge in [0.15, 0.2) is 0 Å². The van der Waals surface area contributed by atoms with Crippen LogP contribution in [0.15, 0.2) is 121 Å². The fraction of sp³-hybridized carbons (Fsp3) is 0.0556. The van der Waals surface area contributed by atoms with E-state index < -0.39 is 5.41 Å². The smallest absolute Gasteiger partial charge is 0.127 e. The van der Waals surface area contributed by atoms with Gasteiger partial charge in [-0.1, -0.05) is 84.9 Å². The molecule has 5 N–H and O–H groups in total. The zero-order valence-electron chi connectivity index (χ0n) is 22.3. The summed E-state index contributed by atoms with van der Waals surface area (Å²) in [5.74, 6) is 0.171. The molecule has 0 heterocycles. The first-order chi connectivity index (χ1) is 19.8. The predicted molar refractivity (Wildman–Crippen MR) is 162 cm³/mol. The van der Waals surface area contributed by atoms with Crippen molar-refractivity contribution in [3.8, 4) is 51.0 Å². The van der Waals surface area contributed by atoms with E-state index in [0.29, 0.717) is 33.2 Å². The van der Waals surface area contributed by atoms with Crippen molar-refractivity contribution < 1.29 is 25.5 Å². The molecule has 0 radical (unpaired) electrons. The van der Waals surface area contributed by atoms with Gasteiger partial charge in [-0.15, -0.1) is 0 Å². The lowest BCUT2D eigenvalue weighted by Crippen LogP contribution is -2.26. The fourth-order valence-corrected chi connectivity index (χ4v) is 5.66. The molecule has 0 amide bonds. The van der Waals surface area contributed by atoms with Gasteiger partial charge < -0.3 is 25.5 Å². The summed E-state index contributed by atoms with van der Waals surface area (Å²) in [6.45, 7) is 1.97. The third-order valence-electron chi connectivity index (χ3n) is 7.98. The van der Waals surface area contributed by atoms with Crippen molar-refractivity contribution in [3.63, 3.8) is 0 Å². The van der Waals surface area contributed by atoms with Crippen LogP contribution in [0.1, 0.15) is 23.6 Å². The Hall–Kier alpha value is -5.42. The summed E-state index contributed by atoms with van der Waals surface area (Å²) in [5.41, 5.74) is 2.88. The van der Waals surface area contributed by atoms with Gasteiger partial charge in [-0.2, -0.15) is 0 Å². The van der Waals surface area contributed by atoms with E-state index in [-0.39, 0.29) is 28.7 Å². The van der Waals surface area contributed by atoms with E-state index in [0.717, 1.165) is 16.5 Å². The minimum absolute atomic E-state index is 0.000867. The molecule has 0 fully saturated rings. The average molecular weight is 541 g/mol. The SMILES string of the molecule is CC(c1ccc(O)c(-c2ccccc2O)c1)(c1ccc(O)c(-c2ccccc2O)c1)c1ccc2ccccc2c1O. The van der Waals surface area contributed by atoms with Gasteiger partial charge in [0.05, 0.1) is 0 Å². The van der Waals surface area contributed by atoms with Crippen molar-refractivity contribution in [2.45, 2.75) is 12.3 Å². The molecule has 6 aromatic carbocycles. The Morgan fingerprint density at radius 3 is 1.44 bits per heavy atom. The molecule has 0 aliphatic rings. The van der Waals surface area contributed by atoms with Crippen molar-refractivity contribution in [2.75, 3.05) is 0 Å². The normalized spacial score (nSPS) is 11.5. The molecule has 6 aromatic rings. The van der Waals surface area contributed by atoms with Gasteiger partial charge in [0, 0.05) is 38.6 Å². The van der Waals surface area contributed by atoms with Crippen molar-refractivity contribution in [2.24, 2.45) is 0 Å². The lowest BCUT2D eigenvalue weighted by Gasteiger charge is -2.34. The number of para-hydroxylation sites is 2. The van der Waals surface area contributed by atoms with Crippen LogP contribution in [0.2, 0.25) is 0 Å². The molecule has 5 nitrogen and oxygen atoms in total. The molecule has 0 spiro atoms. The first-order valence-corrected chi connectivity index (χ1v) is 13.2. The zero-order chi connectivity index (χ0) is 28.7. The second-order valence-corrected chi connectivity index (χ2v) is 10.3. The van der Waals surface area contributed by atoms with Crippen molar-refractivity contribution in [1.82, 2.24) is 0 Å². The molecular weight excluding hydrogens is 512 g/mol. The van der Waals surface area contributed by atoms with Gasteiger partial charge in [-0.25, -0.2) is 0 Å². The highest BCUT2D eigenvalue weighted by atomic mass is 16.3. The molecule has 0 aliphatic heterocycles. The van der Waals surface area contributed by atoms with Crippen LogP contribution < -0.4 is 0 Å². The van der Waals surface area contributed by atoms with Crippen LogP contribution in [-0.2, 0) is 5.41 Å². The Balaban J connectivity index is 1.66. The highest BCUT2D eigenvalue weighted by Crippen LogP contribution is 2.49. The van der Waals surface area contributed by atoms with Crippen LogP contribution in [0.4, 0.5) is 0 Å². The van der Waals surface area contributed by atoms with Crippen LogP contribution >= 0.6 is 0 Å². The average Bonchev–Trinajstić information content (AvgIpc) is 2.98. The Morgan fingerprint density at radius 2 is 0.902 bits per heavy atom. The van der Waals surface area contributed by atoms with E-state index >= 15 is 0 Å². The Bertz CT molecular complexity index is 1830. The molecule has 0 bridgehead atoms. The first kappa shape index (κ1) is 25.8. The standard InChI is InChI=1S/C36H28O5/c1-36(30-17-14-22-8-2-3-9-25(22)35(30)41,23-15-18-33(39)28(20-23)26-10-4-6-12-31(26)37)24-16-19-34(40)29(21-24)27-11-5-7-13-32(27)38/h2-21,37-41H,1H3. The molecule has 5 heteroatoms. The van der Waals surface area contributed by atoms with Crippen LogP contribution in [-0.4, -0.2) is 25.5 Å². The lowest BCUT2D eigenvalue weighted by molar-refractivity contribution is 0.461. The maximum absolute atomic E-state index is 11.7. The summed E-state index contributed by atoms with van der Waals surface area (Å²) < 4.78 is 0. The summed E-state index contributed by atoms with van der Waals surface area (Å²) in [4.78, 5) is 0. The number of benzene rings is 6. The molecule has 6 rings (SSSR count). The minimum Gasteiger partial charge on any atom is -0.507 e. The molecule has 0 saturated carbocycles. The van der Waals surface area contributed by atoms with Crippen LogP contribution in [0.3, 0.4) is 0 Å². The van der Waals surface area contributed by atoms with E-state index in [1.807, 2.05) is 55.5 Å². The fourth-order valence-electron chi connectivity index (χ4n) is 5.66. The second-order valence-electron chi connectivity index (χ2n) is 10.3. The zero-order valence-corrected chi connectivity index (χ0v) is 22.3. The maximum atomic E-state index is 11.7. The largest absolute Gasteiger partial charge is 0.507 e. The first-order valence-electron chi connectivity index (χ1n) is 13.2. The number of aromatic hydroxyl groups is 5. The van der Waals surface area contributed by atoms with Crippen molar-refractivity contribution >= 4 is 10.8 Å². The summed E-state index contributed by atoms with van der Waals surface area (Å²) in [6, 6.07) is 35.4. The lowest BCUT2D eigenvalue weighted by atomic mass is 9.69. The van der Waals surface area contributed by atoms with Gasteiger partial charge in [-0.3, -0.25) is 0 Å². The number of fused-ring (bicyclic) bond motifs is 1. The Kier molecular flexibility index (Phi) is 6.27. The maximum Gasteiger partial charge on any atom is 0.127 e. The van der Waals surface area contributed by atoms with Crippen LogP contribution in [0.25, 0.3) is 33.0 Å². The van der Waals surface area contributed by atoms with Gasteiger partial charge >= 0.3 is 0 Å². The number of hydrogen-bond acceptors (Lipinski definition) is 5. The number of hydrogen-bond donors (Lipinski definition) is 5. The van der Waals surface area contributed by atoms with Gasteiger partial charge in [0.1, 0.15) is 28.7 Å². The highest BCUT2D eigenvalue weighted by molar-refractivity contribution is 5.90. The molecule has 0 aromatic heterocycles. The van der Waals surface area contributed by atoms with Crippen LogP contribution in [0, 0.1) is 0 Å². The highest BCUT2D eigenvalue weighted by Gasteiger charge is 2.36. The Morgan fingerprint density at radius 1 is 0.439 bits per heavy atom. The molecular formula is C36H28O5.